The standard InChI is InChI=1S/C20H14Br2N6O5/c1-2-32-20(31)24-18(30)15(9-23)26-25-10-7-13(21)16(14(22)8-10)33-19-12-6-4-3-5-11(12)17(29)27-28-19/h3-8,25H,2H2,1H3,(H,27,29)(H,24,30,31)/b26-15-. The lowest BCUT2D eigenvalue weighted by molar-refractivity contribution is -0.114. The van der Waals surface area contributed by atoms with Gasteiger partial charge in [-0.15, -0.1) is 5.10 Å². The highest BCUT2D eigenvalue weighted by Crippen LogP contribution is 2.39. The molecule has 33 heavy (non-hydrogen) atoms. The van der Waals surface area contributed by atoms with Crippen molar-refractivity contribution in [1.29, 1.82) is 5.26 Å². The number of alkyl carbamates (subject to hydrolysis) is 1. The highest BCUT2D eigenvalue weighted by molar-refractivity contribution is 9.11. The lowest BCUT2D eigenvalue weighted by Gasteiger charge is -2.12. The van der Waals surface area contributed by atoms with Gasteiger partial charge in [0.1, 0.15) is 6.07 Å². The number of H-pyrrole nitrogens is 1. The third kappa shape index (κ3) is 5.73. The normalized spacial score (nSPS) is 10.9. The molecule has 2 aromatic carbocycles. The molecule has 0 unspecified atom stereocenters. The monoisotopic (exact) mass is 576 g/mol. The number of anilines is 1. The van der Waals surface area contributed by atoms with E-state index in [1.807, 2.05) is 5.32 Å². The van der Waals surface area contributed by atoms with Crippen LogP contribution < -0.4 is 21.0 Å². The topological polar surface area (TPSA) is 159 Å². The lowest BCUT2D eigenvalue weighted by atomic mass is 10.2. The van der Waals surface area contributed by atoms with Gasteiger partial charge < -0.3 is 9.47 Å². The number of fused-ring (bicyclic) bond motifs is 1. The smallest absolute Gasteiger partial charge is 0.414 e. The van der Waals surface area contributed by atoms with Crippen molar-refractivity contribution >= 4 is 66.0 Å². The van der Waals surface area contributed by atoms with Gasteiger partial charge in [0.2, 0.25) is 11.6 Å². The molecular formula is C20H14Br2N6O5. The number of nitrogens with one attached hydrogen (secondary N) is 3. The predicted octanol–water partition coefficient (Wildman–Crippen LogP) is 3.80. The van der Waals surface area contributed by atoms with E-state index in [0.717, 1.165) is 0 Å². The molecule has 168 valence electrons. The highest BCUT2D eigenvalue weighted by atomic mass is 79.9. The van der Waals surface area contributed by atoms with Gasteiger partial charge in [0.25, 0.3) is 11.5 Å². The van der Waals surface area contributed by atoms with Crippen LogP contribution in [0.1, 0.15) is 6.92 Å². The molecule has 1 aromatic heterocycles. The van der Waals surface area contributed by atoms with Crippen LogP contribution >= 0.6 is 31.9 Å². The van der Waals surface area contributed by atoms with Gasteiger partial charge in [-0.05, 0) is 63.0 Å². The number of rotatable bonds is 6. The fraction of sp³-hybridized carbons (Fsp3) is 0.100. The number of nitrogens with zero attached hydrogens (tertiary/aromatic N) is 3. The third-order valence-corrected chi connectivity index (χ3v) is 5.14. The molecule has 0 saturated heterocycles. The minimum absolute atomic E-state index is 0.0667. The first-order valence-corrected chi connectivity index (χ1v) is 10.8. The number of ether oxygens (including phenoxy) is 2. The van der Waals surface area contributed by atoms with Crippen molar-refractivity contribution in [1.82, 2.24) is 15.5 Å². The summed E-state index contributed by atoms with van der Waals surface area (Å²) >= 11 is 6.78. The van der Waals surface area contributed by atoms with Gasteiger partial charge in [0.15, 0.2) is 5.75 Å². The summed E-state index contributed by atoms with van der Waals surface area (Å²) < 4.78 is 11.4. The second-order valence-corrected chi connectivity index (χ2v) is 7.84. The molecule has 0 fully saturated rings. The summed E-state index contributed by atoms with van der Waals surface area (Å²) in [5.74, 6) is -0.472. The van der Waals surface area contributed by atoms with E-state index in [0.29, 0.717) is 31.2 Å². The molecule has 3 aromatic rings. The number of imide groups is 1. The molecule has 0 aliphatic carbocycles. The van der Waals surface area contributed by atoms with E-state index in [1.54, 1.807) is 49.4 Å². The SMILES string of the molecule is CCOC(=O)NC(=O)/C(C#N)=N\Nc1cc(Br)c(Oc2n[nH]c(=O)c3ccccc23)c(Br)c1. The number of amides is 2. The number of carbonyl (C=O) groups excluding carboxylic acids is 2. The summed E-state index contributed by atoms with van der Waals surface area (Å²) in [7, 11) is 0. The maximum Gasteiger partial charge on any atom is 0.414 e. The van der Waals surface area contributed by atoms with Gasteiger partial charge in [0, 0.05) is 0 Å². The Morgan fingerprint density at radius 2 is 1.88 bits per heavy atom. The second-order valence-electron chi connectivity index (χ2n) is 6.13. The van der Waals surface area contributed by atoms with E-state index < -0.39 is 17.7 Å². The number of hydrogen-bond donors (Lipinski definition) is 3. The van der Waals surface area contributed by atoms with Gasteiger partial charge in [0.05, 0.1) is 32.0 Å². The first-order valence-electron chi connectivity index (χ1n) is 9.20. The van der Waals surface area contributed by atoms with E-state index in [2.05, 4.69) is 57.3 Å². The summed E-state index contributed by atoms with van der Waals surface area (Å²) in [4.78, 5) is 35.2. The molecule has 0 aliphatic heterocycles. The van der Waals surface area contributed by atoms with E-state index in [-0.39, 0.29) is 18.0 Å². The van der Waals surface area contributed by atoms with Crippen LogP contribution in [0.5, 0.6) is 11.6 Å². The van der Waals surface area contributed by atoms with E-state index in [9.17, 15) is 14.4 Å². The van der Waals surface area contributed by atoms with Crippen LogP contribution in [0.25, 0.3) is 10.8 Å². The number of aromatic amines is 1. The molecular weight excluding hydrogens is 564 g/mol. The molecule has 0 atom stereocenters. The fourth-order valence-corrected chi connectivity index (χ4v) is 3.90. The molecule has 3 N–H and O–H groups in total. The van der Waals surface area contributed by atoms with Crippen LogP contribution in [0.4, 0.5) is 10.5 Å². The highest BCUT2D eigenvalue weighted by Gasteiger charge is 2.17. The van der Waals surface area contributed by atoms with Crippen molar-refractivity contribution in [3.63, 3.8) is 0 Å². The van der Waals surface area contributed by atoms with Crippen molar-refractivity contribution in [2.75, 3.05) is 12.0 Å². The van der Waals surface area contributed by atoms with Crippen LogP contribution in [-0.2, 0) is 9.53 Å². The van der Waals surface area contributed by atoms with Crippen molar-refractivity contribution in [2.45, 2.75) is 6.92 Å². The Morgan fingerprint density at radius 1 is 1.21 bits per heavy atom. The minimum Gasteiger partial charge on any atom is -0.450 e. The predicted molar refractivity (Wildman–Crippen MR) is 126 cm³/mol. The number of aromatic nitrogens is 2. The van der Waals surface area contributed by atoms with Crippen molar-refractivity contribution in [3.05, 3.63) is 55.7 Å². The number of carbonyl (C=O) groups is 2. The average molecular weight is 578 g/mol. The van der Waals surface area contributed by atoms with Gasteiger partial charge in [-0.3, -0.25) is 20.3 Å². The maximum atomic E-state index is 12.0. The summed E-state index contributed by atoms with van der Waals surface area (Å²) in [6.45, 7) is 1.64. The van der Waals surface area contributed by atoms with Crippen LogP contribution in [0.2, 0.25) is 0 Å². The average Bonchev–Trinajstić information content (AvgIpc) is 2.78. The zero-order chi connectivity index (χ0) is 24.0. The molecule has 1 heterocycles. The van der Waals surface area contributed by atoms with E-state index >= 15 is 0 Å². The number of halogens is 2. The fourth-order valence-electron chi connectivity index (χ4n) is 2.55. The first-order chi connectivity index (χ1) is 15.8. The summed E-state index contributed by atoms with van der Waals surface area (Å²) in [6.07, 6.45) is -0.985. The summed E-state index contributed by atoms with van der Waals surface area (Å²) in [6, 6.07) is 11.6. The zero-order valence-corrected chi connectivity index (χ0v) is 20.0. The molecule has 0 bridgehead atoms. The molecule has 0 radical (unpaired) electrons. The van der Waals surface area contributed by atoms with E-state index in [4.69, 9.17) is 10.00 Å². The number of hydrazone groups is 1. The van der Waals surface area contributed by atoms with Crippen molar-refractivity contribution < 1.29 is 19.1 Å². The molecule has 0 aliphatic rings. The van der Waals surface area contributed by atoms with Crippen LogP contribution in [-0.4, -0.2) is 34.5 Å². The Balaban J connectivity index is 1.82. The molecule has 2 amide bonds. The Labute approximate surface area is 203 Å². The van der Waals surface area contributed by atoms with Crippen LogP contribution in [0.3, 0.4) is 0 Å². The molecule has 3 rings (SSSR count). The molecule has 11 nitrogen and oxygen atoms in total. The van der Waals surface area contributed by atoms with Gasteiger partial charge >= 0.3 is 6.09 Å². The van der Waals surface area contributed by atoms with Gasteiger partial charge in [-0.2, -0.15) is 10.4 Å². The summed E-state index contributed by atoms with van der Waals surface area (Å²) in [5.41, 5.74) is 2.03. The Morgan fingerprint density at radius 3 is 2.52 bits per heavy atom. The van der Waals surface area contributed by atoms with Crippen LogP contribution in [0.15, 0.2) is 55.2 Å². The first kappa shape index (κ1) is 23.9. The van der Waals surface area contributed by atoms with Gasteiger partial charge in [-0.1, -0.05) is 12.1 Å². The molecule has 13 heteroatoms. The number of benzene rings is 2. The Hall–Kier alpha value is -3.76. The van der Waals surface area contributed by atoms with E-state index in [1.165, 1.54) is 0 Å². The maximum absolute atomic E-state index is 12.0. The number of hydrogen-bond acceptors (Lipinski definition) is 9. The third-order valence-electron chi connectivity index (χ3n) is 3.97. The number of nitriles is 1. The molecule has 0 spiro atoms. The van der Waals surface area contributed by atoms with Crippen LogP contribution in [0, 0.1) is 11.3 Å². The summed E-state index contributed by atoms with van der Waals surface area (Å²) in [5, 5.41) is 22.1. The lowest BCUT2D eigenvalue weighted by Crippen LogP contribution is -2.36. The largest absolute Gasteiger partial charge is 0.450 e. The van der Waals surface area contributed by atoms with Gasteiger partial charge in [-0.25, -0.2) is 9.89 Å². The Bertz CT molecular complexity index is 1340. The van der Waals surface area contributed by atoms with Crippen molar-refractivity contribution in [3.8, 4) is 17.7 Å². The Kier molecular flexibility index (Phi) is 7.75. The molecule has 0 saturated carbocycles. The zero-order valence-electron chi connectivity index (χ0n) is 16.8. The van der Waals surface area contributed by atoms with Crippen molar-refractivity contribution in [2.24, 2.45) is 5.10 Å². The minimum atomic E-state index is -1.02. The second kappa shape index (κ2) is 10.7. The quantitative estimate of drug-likeness (QED) is 0.294.